The van der Waals surface area contributed by atoms with Gasteiger partial charge in [-0.2, -0.15) is 0 Å². The highest BCUT2D eigenvalue weighted by Crippen LogP contribution is 2.31. The van der Waals surface area contributed by atoms with Crippen molar-refractivity contribution in [1.29, 1.82) is 0 Å². The Morgan fingerprint density at radius 1 is 0.675 bits per heavy atom. The monoisotopic (exact) mass is 533 g/mol. The summed E-state index contributed by atoms with van der Waals surface area (Å²) in [4.78, 5) is 64.5. The molecule has 40 heavy (non-hydrogen) atoms. The first-order valence-corrected chi connectivity index (χ1v) is 12.4. The van der Waals surface area contributed by atoms with Gasteiger partial charge in [-0.05, 0) is 80.1 Å². The highest BCUT2D eigenvalue weighted by Gasteiger charge is 2.37. The fourth-order valence-corrected chi connectivity index (χ4v) is 4.25. The van der Waals surface area contributed by atoms with Crippen LogP contribution in [-0.4, -0.2) is 36.1 Å². The van der Waals surface area contributed by atoms with E-state index in [0.29, 0.717) is 22.3 Å². The first kappa shape index (κ1) is 26.2. The van der Waals surface area contributed by atoms with Crippen LogP contribution >= 0.6 is 0 Å². The smallest absolute Gasteiger partial charge is 0.343 e. The van der Waals surface area contributed by atoms with Gasteiger partial charge in [0.2, 0.25) is 0 Å². The quantitative estimate of drug-likeness (QED) is 0.136. The predicted octanol–water partition coefficient (Wildman–Crippen LogP) is 5.36. The van der Waals surface area contributed by atoms with Crippen molar-refractivity contribution in [2.75, 3.05) is 11.5 Å². The molecule has 0 atom stereocenters. The third kappa shape index (κ3) is 5.15. The molecule has 0 unspecified atom stereocenters. The number of aryl methyl sites for hydroxylation is 2. The molecule has 0 fully saturated rings. The zero-order valence-electron chi connectivity index (χ0n) is 21.7. The van der Waals surface area contributed by atoms with E-state index in [1.165, 1.54) is 36.4 Å². The third-order valence-electron chi connectivity index (χ3n) is 6.49. The van der Waals surface area contributed by atoms with E-state index in [2.05, 4.69) is 0 Å². The van der Waals surface area contributed by atoms with E-state index in [1.807, 2.05) is 19.1 Å². The molecule has 8 heteroatoms. The van der Waals surface area contributed by atoms with Gasteiger partial charge in [-0.3, -0.25) is 14.4 Å². The van der Waals surface area contributed by atoms with Crippen LogP contribution in [0.3, 0.4) is 0 Å². The summed E-state index contributed by atoms with van der Waals surface area (Å²) < 4.78 is 10.6. The van der Waals surface area contributed by atoms with E-state index in [4.69, 9.17) is 9.47 Å². The SMILES string of the molecule is Cc1ccc(C(=O)Oc2ccc(C(=O)COC(=O)c3ccc(C)c(N4C(=O)c5ccccc5C4=O)c3)cc2)cc1. The molecule has 0 aromatic heterocycles. The Kier molecular flexibility index (Phi) is 7.07. The molecule has 0 saturated carbocycles. The Bertz CT molecular complexity index is 1640. The van der Waals surface area contributed by atoms with Crippen LogP contribution in [0.15, 0.2) is 91.0 Å². The minimum absolute atomic E-state index is 0.0864. The van der Waals surface area contributed by atoms with Gasteiger partial charge >= 0.3 is 11.9 Å². The summed E-state index contributed by atoms with van der Waals surface area (Å²) in [7, 11) is 0. The molecule has 4 aromatic rings. The number of carbonyl (C=O) groups is 5. The lowest BCUT2D eigenvalue weighted by Gasteiger charge is -2.17. The predicted molar refractivity (Wildman–Crippen MR) is 146 cm³/mol. The van der Waals surface area contributed by atoms with Crippen molar-refractivity contribution in [3.63, 3.8) is 0 Å². The molecular weight excluding hydrogens is 510 g/mol. The first-order chi connectivity index (χ1) is 19.2. The van der Waals surface area contributed by atoms with Crippen LogP contribution in [0.2, 0.25) is 0 Å². The van der Waals surface area contributed by atoms with Crippen molar-refractivity contribution in [3.05, 3.63) is 130 Å². The van der Waals surface area contributed by atoms with Crippen LogP contribution in [0.5, 0.6) is 5.75 Å². The van der Waals surface area contributed by atoms with Gasteiger partial charge in [0.15, 0.2) is 12.4 Å². The van der Waals surface area contributed by atoms with Crippen molar-refractivity contribution in [2.45, 2.75) is 13.8 Å². The summed E-state index contributed by atoms with van der Waals surface area (Å²) in [5, 5.41) is 0. The Hall–Kier alpha value is -5.37. The van der Waals surface area contributed by atoms with Crippen LogP contribution in [0, 0.1) is 13.8 Å². The molecule has 0 bridgehead atoms. The number of benzene rings is 4. The van der Waals surface area contributed by atoms with Crippen molar-refractivity contribution in [2.24, 2.45) is 0 Å². The van der Waals surface area contributed by atoms with Crippen molar-refractivity contribution in [3.8, 4) is 5.75 Å². The number of esters is 2. The van der Waals surface area contributed by atoms with Gasteiger partial charge in [0, 0.05) is 5.56 Å². The Morgan fingerprint density at radius 3 is 1.88 bits per heavy atom. The summed E-state index contributed by atoms with van der Waals surface area (Å²) in [5.41, 5.74) is 3.24. The molecule has 5 rings (SSSR count). The zero-order chi connectivity index (χ0) is 28.4. The number of carbonyl (C=O) groups excluding carboxylic acids is 5. The molecule has 0 saturated heterocycles. The van der Waals surface area contributed by atoms with Crippen molar-refractivity contribution < 1.29 is 33.4 Å². The van der Waals surface area contributed by atoms with Crippen LogP contribution in [0.1, 0.15) is 62.9 Å². The zero-order valence-corrected chi connectivity index (χ0v) is 21.7. The lowest BCUT2D eigenvalue weighted by atomic mass is 10.1. The van der Waals surface area contributed by atoms with E-state index < -0.39 is 36.1 Å². The molecule has 0 aliphatic carbocycles. The summed E-state index contributed by atoms with van der Waals surface area (Å²) >= 11 is 0. The highest BCUT2D eigenvalue weighted by atomic mass is 16.5. The Morgan fingerprint density at radius 2 is 1.25 bits per heavy atom. The van der Waals surface area contributed by atoms with Gasteiger partial charge in [0.05, 0.1) is 27.9 Å². The summed E-state index contributed by atoms with van der Waals surface area (Å²) in [6, 6.07) is 23.9. The molecule has 2 amide bonds. The molecular formula is C32H23NO7. The maximum atomic E-state index is 12.9. The van der Waals surface area contributed by atoms with Crippen molar-refractivity contribution >= 4 is 35.2 Å². The van der Waals surface area contributed by atoms with Gasteiger partial charge in [0.25, 0.3) is 11.8 Å². The first-order valence-electron chi connectivity index (χ1n) is 12.4. The average Bonchev–Trinajstić information content (AvgIpc) is 3.22. The third-order valence-corrected chi connectivity index (χ3v) is 6.49. The number of hydrogen-bond acceptors (Lipinski definition) is 7. The number of imide groups is 1. The van der Waals surface area contributed by atoms with E-state index in [9.17, 15) is 24.0 Å². The molecule has 4 aromatic carbocycles. The minimum atomic E-state index is -0.783. The molecule has 1 aliphatic heterocycles. The standard InChI is InChI=1S/C32H23NO7/c1-19-7-10-22(11-8-19)32(38)40-24-15-13-21(14-16-24)28(34)18-39-31(37)23-12-9-20(2)27(17-23)33-29(35)25-5-3-4-6-26(25)30(33)36/h3-17H,18H2,1-2H3. The largest absolute Gasteiger partial charge is 0.454 e. The van der Waals surface area contributed by atoms with Crippen LogP contribution < -0.4 is 9.64 Å². The summed E-state index contributed by atoms with van der Waals surface area (Å²) in [6.07, 6.45) is 0. The van der Waals surface area contributed by atoms with Crippen LogP contribution in [0.4, 0.5) is 5.69 Å². The number of ketones is 1. The number of Topliss-reactive ketones (excluding diaryl/α,β-unsaturated/α-hetero) is 1. The Labute approximate surface area is 229 Å². The van der Waals surface area contributed by atoms with Crippen LogP contribution in [0.25, 0.3) is 0 Å². The normalized spacial score (nSPS) is 12.2. The molecule has 0 radical (unpaired) electrons. The number of nitrogens with zero attached hydrogens (tertiary/aromatic N) is 1. The topological polar surface area (TPSA) is 107 Å². The fraction of sp³-hybridized carbons (Fsp3) is 0.0938. The van der Waals surface area contributed by atoms with E-state index >= 15 is 0 Å². The molecule has 1 heterocycles. The number of ether oxygens (including phenoxy) is 2. The summed E-state index contributed by atoms with van der Waals surface area (Å²) in [6.45, 7) is 3.11. The second-order valence-electron chi connectivity index (χ2n) is 9.27. The second kappa shape index (κ2) is 10.8. The van der Waals surface area contributed by atoms with Gasteiger partial charge in [-0.1, -0.05) is 35.9 Å². The average molecular weight is 534 g/mol. The second-order valence-corrected chi connectivity index (χ2v) is 9.27. The number of fused-ring (bicyclic) bond motifs is 1. The molecule has 1 aliphatic rings. The minimum Gasteiger partial charge on any atom is -0.454 e. The highest BCUT2D eigenvalue weighted by molar-refractivity contribution is 6.34. The lowest BCUT2D eigenvalue weighted by molar-refractivity contribution is 0.0474. The number of amides is 2. The van der Waals surface area contributed by atoms with Gasteiger partial charge < -0.3 is 9.47 Å². The van der Waals surface area contributed by atoms with Gasteiger partial charge in [-0.25, -0.2) is 14.5 Å². The molecule has 198 valence electrons. The Balaban J connectivity index is 1.22. The molecule has 0 spiro atoms. The fourth-order valence-electron chi connectivity index (χ4n) is 4.25. The molecule has 8 nitrogen and oxygen atoms in total. The van der Waals surface area contributed by atoms with Crippen LogP contribution in [-0.2, 0) is 4.74 Å². The number of anilines is 1. The number of hydrogen-bond donors (Lipinski definition) is 0. The van der Waals surface area contributed by atoms with Gasteiger partial charge in [-0.15, -0.1) is 0 Å². The van der Waals surface area contributed by atoms with E-state index in [1.54, 1.807) is 49.4 Å². The van der Waals surface area contributed by atoms with Gasteiger partial charge in [0.1, 0.15) is 5.75 Å². The van der Waals surface area contributed by atoms with E-state index in [0.717, 1.165) is 10.5 Å². The summed E-state index contributed by atoms with van der Waals surface area (Å²) in [5.74, 6) is -2.45. The molecule has 0 N–H and O–H groups in total. The number of rotatable bonds is 7. The lowest BCUT2D eigenvalue weighted by Crippen LogP contribution is -2.30. The maximum absolute atomic E-state index is 12.9. The van der Waals surface area contributed by atoms with E-state index in [-0.39, 0.29) is 22.6 Å². The maximum Gasteiger partial charge on any atom is 0.343 e. The van der Waals surface area contributed by atoms with Crippen molar-refractivity contribution in [1.82, 2.24) is 0 Å².